The zero-order chi connectivity index (χ0) is 19.8. The fraction of sp³-hybridized carbons (Fsp3) is 0.263. The number of carbonyl (C=O) groups excluding carboxylic acids is 2. The summed E-state index contributed by atoms with van der Waals surface area (Å²) in [5.74, 6) is 0.155. The number of rotatable bonds is 8. The lowest BCUT2D eigenvalue weighted by atomic mass is 10.2. The second-order valence-electron chi connectivity index (χ2n) is 5.50. The Hall–Kier alpha value is -2.93. The van der Waals surface area contributed by atoms with Gasteiger partial charge >= 0.3 is 5.97 Å². The number of benzene rings is 2. The molecule has 0 atom stereocenters. The van der Waals surface area contributed by atoms with Gasteiger partial charge < -0.3 is 24.3 Å². The van der Waals surface area contributed by atoms with E-state index in [0.29, 0.717) is 28.0 Å². The number of anilines is 1. The number of methoxy groups -OCH3 is 2. The van der Waals surface area contributed by atoms with Gasteiger partial charge in [-0.1, -0.05) is 17.7 Å². The molecule has 0 aliphatic heterocycles. The van der Waals surface area contributed by atoms with Crippen LogP contribution in [0.3, 0.4) is 0 Å². The Labute approximate surface area is 162 Å². The number of hydrogen-bond donors (Lipinski definition) is 1. The summed E-state index contributed by atoms with van der Waals surface area (Å²) >= 11 is 5.99. The second kappa shape index (κ2) is 9.68. The minimum atomic E-state index is -0.694. The highest BCUT2D eigenvalue weighted by Crippen LogP contribution is 2.29. The van der Waals surface area contributed by atoms with E-state index in [4.69, 9.17) is 30.5 Å². The number of esters is 1. The predicted molar refractivity (Wildman–Crippen MR) is 101 cm³/mol. The fourth-order valence-electron chi connectivity index (χ4n) is 2.14. The summed E-state index contributed by atoms with van der Waals surface area (Å²) in [5.41, 5.74) is 1.34. The molecular formula is C19H20ClNO6. The molecule has 1 N–H and O–H groups in total. The first-order chi connectivity index (χ1) is 12.9. The Morgan fingerprint density at radius 1 is 1.00 bits per heavy atom. The molecule has 8 heteroatoms. The zero-order valence-corrected chi connectivity index (χ0v) is 16.0. The molecule has 2 aromatic carbocycles. The van der Waals surface area contributed by atoms with Crippen LogP contribution in [-0.2, 0) is 14.3 Å². The molecule has 7 nitrogen and oxygen atoms in total. The molecule has 0 saturated carbocycles. The van der Waals surface area contributed by atoms with Crippen molar-refractivity contribution in [1.82, 2.24) is 0 Å². The molecule has 0 aromatic heterocycles. The lowest BCUT2D eigenvalue weighted by molar-refractivity contribution is -0.149. The molecule has 0 heterocycles. The summed E-state index contributed by atoms with van der Waals surface area (Å²) in [6.45, 7) is 1.04. The second-order valence-corrected chi connectivity index (χ2v) is 5.90. The average Bonchev–Trinajstić information content (AvgIpc) is 2.67. The number of carbonyl (C=O) groups is 2. The predicted octanol–water partition coefficient (Wildman–Crippen LogP) is 3.23. The molecule has 0 saturated heterocycles. The highest BCUT2D eigenvalue weighted by atomic mass is 35.5. The monoisotopic (exact) mass is 393 g/mol. The highest BCUT2D eigenvalue weighted by molar-refractivity contribution is 6.32. The first-order valence-electron chi connectivity index (χ1n) is 7.99. The van der Waals surface area contributed by atoms with Crippen LogP contribution in [0, 0.1) is 6.92 Å². The Bertz CT molecular complexity index is 824. The van der Waals surface area contributed by atoms with Crippen molar-refractivity contribution in [3.8, 4) is 17.2 Å². The summed E-state index contributed by atoms with van der Waals surface area (Å²) in [4.78, 5) is 23.8. The Morgan fingerprint density at radius 3 is 2.48 bits per heavy atom. The maximum Gasteiger partial charge on any atom is 0.344 e. The van der Waals surface area contributed by atoms with E-state index < -0.39 is 18.5 Å². The minimum absolute atomic E-state index is 0.362. The van der Waals surface area contributed by atoms with Gasteiger partial charge in [-0.25, -0.2) is 4.79 Å². The van der Waals surface area contributed by atoms with E-state index in [9.17, 15) is 9.59 Å². The maximum absolute atomic E-state index is 12.0. The van der Waals surface area contributed by atoms with E-state index in [0.717, 1.165) is 5.56 Å². The summed E-state index contributed by atoms with van der Waals surface area (Å²) in [5, 5.41) is 2.98. The van der Waals surface area contributed by atoms with Crippen molar-refractivity contribution in [3.05, 3.63) is 47.0 Å². The van der Waals surface area contributed by atoms with Gasteiger partial charge in [0, 0.05) is 6.07 Å². The van der Waals surface area contributed by atoms with Crippen molar-refractivity contribution in [2.45, 2.75) is 6.92 Å². The number of aryl methyl sites for hydroxylation is 1. The largest absolute Gasteiger partial charge is 0.497 e. The van der Waals surface area contributed by atoms with Crippen molar-refractivity contribution >= 4 is 29.2 Å². The van der Waals surface area contributed by atoms with Crippen LogP contribution in [0.15, 0.2) is 36.4 Å². The minimum Gasteiger partial charge on any atom is -0.497 e. The van der Waals surface area contributed by atoms with Gasteiger partial charge in [-0.05, 0) is 36.8 Å². The summed E-state index contributed by atoms with van der Waals surface area (Å²) in [6, 6.07) is 10.2. The lowest BCUT2D eigenvalue weighted by Gasteiger charge is -2.12. The first-order valence-corrected chi connectivity index (χ1v) is 8.37. The third kappa shape index (κ3) is 6.07. The number of hydrogen-bond acceptors (Lipinski definition) is 6. The third-order valence-electron chi connectivity index (χ3n) is 3.48. The van der Waals surface area contributed by atoms with Crippen molar-refractivity contribution in [1.29, 1.82) is 0 Å². The molecule has 0 bridgehead atoms. The number of nitrogens with one attached hydrogen (secondary N) is 1. The first kappa shape index (κ1) is 20.4. The molecule has 2 rings (SSSR count). The van der Waals surface area contributed by atoms with E-state index in [1.54, 1.807) is 30.3 Å². The molecule has 0 spiro atoms. The van der Waals surface area contributed by atoms with Crippen LogP contribution < -0.4 is 19.5 Å². The van der Waals surface area contributed by atoms with Gasteiger partial charge in [0.1, 0.15) is 17.2 Å². The summed E-state index contributed by atoms with van der Waals surface area (Å²) in [6.07, 6.45) is 0. The van der Waals surface area contributed by atoms with E-state index in [2.05, 4.69) is 5.32 Å². The third-order valence-corrected chi connectivity index (χ3v) is 3.79. The van der Waals surface area contributed by atoms with Crippen LogP contribution in [0.25, 0.3) is 0 Å². The standard InChI is InChI=1S/C19H20ClNO6/c1-12-4-6-14(20)17(8-12)26-11-19(23)27-10-18(22)21-15-9-13(24-2)5-7-16(15)25-3/h4-9H,10-11H2,1-3H3,(H,21,22). The van der Waals surface area contributed by atoms with Crippen molar-refractivity contribution < 1.29 is 28.5 Å². The molecular weight excluding hydrogens is 374 g/mol. The summed E-state index contributed by atoms with van der Waals surface area (Å²) in [7, 11) is 2.99. The van der Waals surface area contributed by atoms with Gasteiger partial charge in [-0.3, -0.25) is 4.79 Å². The molecule has 0 aliphatic rings. The molecule has 2 aromatic rings. The lowest BCUT2D eigenvalue weighted by Crippen LogP contribution is -2.24. The van der Waals surface area contributed by atoms with Crippen LogP contribution >= 0.6 is 11.6 Å². The summed E-state index contributed by atoms with van der Waals surface area (Å²) < 4.78 is 20.5. The van der Waals surface area contributed by atoms with Crippen LogP contribution in [0.4, 0.5) is 5.69 Å². The molecule has 0 aliphatic carbocycles. The van der Waals surface area contributed by atoms with Gasteiger partial charge in [-0.15, -0.1) is 0 Å². The van der Waals surface area contributed by atoms with Gasteiger partial charge in [0.2, 0.25) is 0 Å². The van der Waals surface area contributed by atoms with Crippen LogP contribution in [0.1, 0.15) is 5.56 Å². The quantitative estimate of drug-likeness (QED) is 0.693. The number of halogens is 1. The van der Waals surface area contributed by atoms with Crippen LogP contribution in [0.2, 0.25) is 5.02 Å². The van der Waals surface area contributed by atoms with Crippen LogP contribution in [-0.4, -0.2) is 39.3 Å². The molecule has 144 valence electrons. The Kier molecular flexibility index (Phi) is 7.31. The van der Waals surface area contributed by atoms with Gasteiger partial charge in [0.25, 0.3) is 5.91 Å². The molecule has 0 fully saturated rings. The number of ether oxygens (including phenoxy) is 4. The van der Waals surface area contributed by atoms with Gasteiger partial charge in [0.15, 0.2) is 13.2 Å². The topological polar surface area (TPSA) is 83.1 Å². The Morgan fingerprint density at radius 2 is 1.78 bits per heavy atom. The fourth-order valence-corrected chi connectivity index (χ4v) is 2.32. The van der Waals surface area contributed by atoms with Crippen molar-refractivity contribution in [3.63, 3.8) is 0 Å². The normalized spacial score (nSPS) is 10.1. The smallest absolute Gasteiger partial charge is 0.344 e. The average molecular weight is 394 g/mol. The Balaban J connectivity index is 1.84. The molecule has 27 heavy (non-hydrogen) atoms. The maximum atomic E-state index is 12.0. The molecule has 0 radical (unpaired) electrons. The van der Waals surface area contributed by atoms with Crippen molar-refractivity contribution in [2.75, 3.05) is 32.8 Å². The van der Waals surface area contributed by atoms with Gasteiger partial charge in [0.05, 0.1) is 24.9 Å². The van der Waals surface area contributed by atoms with Gasteiger partial charge in [-0.2, -0.15) is 0 Å². The SMILES string of the molecule is COc1ccc(OC)c(NC(=O)COC(=O)COc2cc(C)ccc2Cl)c1. The van der Waals surface area contributed by atoms with E-state index in [1.807, 2.05) is 13.0 Å². The molecule has 1 amide bonds. The van der Waals surface area contributed by atoms with E-state index in [1.165, 1.54) is 14.2 Å². The zero-order valence-electron chi connectivity index (χ0n) is 15.2. The van der Waals surface area contributed by atoms with E-state index in [-0.39, 0.29) is 6.61 Å². The van der Waals surface area contributed by atoms with E-state index >= 15 is 0 Å². The van der Waals surface area contributed by atoms with Crippen LogP contribution in [0.5, 0.6) is 17.2 Å². The highest BCUT2D eigenvalue weighted by Gasteiger charge is 2.13. The molecule has 0 unspecified atom stereocenters. The van der Waals surface area contributed by atoms with Crippen molar-refractivity contribution in [2.24, 2.45) is 0 Å². The number of amides is 1.